The molecule has 0 atom stereocenters. The van der Waals surface area contributed by atoms with Crippen LogP contribution in [0.2, 0.25) is 0 Å². The molecule has 36 heavy (non-hydrogen) atoms. The molecule has 0 aliphatic rings. The van der Waals surface area contributed by atoms with Crippen molar-refractivity contribution >= 4 is 34.2 Å². The number of amides is 2. The second-order valence-corrected chi connectivity index (χ2v) is 8.05. The first-order valence-corrected chi connectivity index (χ1v) is 11.7. The molecule has 0 aliphatic carbocycles. The molecule has 8 nitrogen and oxygen atoms in total. The number of rotatable bonds is 8. The van der Waals surface area contributed by atoms with Crippen LogP contribution < -0.4 is 20.1 Å². The van der Waals surface area contributed by atoms with E-state index in [1.807, 2.05) is 13.0 Å². The largest absolute Gasteiger partial charge is 0.494 e. The van der Waals surface area contributed by atoms with Crippen LogP contribution in [0.25, 0.3) is 11.0 Å². The van der Waals surface area contributed by atoms with Crippen molar-refractivity contribution in [1.82, 2.24) is 9.97 Å². The Hall–Kier alpha value is -4.46. The quantitative estimate of drug-likeness (QED) is 0.353. The third-order valence-electron chi connectivity index (χ3n) is 5.81. The minimum absolute atomic E-state index is 0.289. The van der Waals surface area contributed by atoms with Crippen LogP contribution in [0.3, 0.4) is 0 Å². The predicted octanol–water partition coefficient (Wildman–Crippen LogP) is 5.28. The molecule has 2 N–H and O–H groups in total. The van der Waals surface area contributed by atoms with Gasteiger partial charge < -0.3 is 20.1 Å². The van der Waals surface area contributed by atoms with E-state index >= 15 is 0 Å². The summed E-state index contributed by atoms with van der Waals surface area (Å²) in [4.78, 5) is 35.2. The van der Waals surface area contributed by atoms with Gasteiger partial charge in [-0.15, -0.1) is 0 Å². The third kappa shape index (κ3) is 5.12. The van der Waals surface area contributed by atoms with Crippen LogP contribution in [-0.2, 0) is 12.8 Å². The molecular weight excluding hydrogens is 456 g/mol. The molecule has 4 rings (SSSR count). The Bertz CT molecular complexity index is 1420. The van der Waals surface area contributed by atoms with Gasteiger partial charge >= 0.3 is 0 Å². The Morgan fingerprint density at radius 1 is 0.694 bits per heavy atom. The predicted molar refractivity (Wildman–Crippen MR) is 140 cm³/mol. The van der Waals surface area contributed by atoms with Gasteiger partial charge in [-0.2, -0.15) is 0 Å². The van der Waals surface area contributed by atoms with Gasteiger partial charge in [-0.3, -0.25) is 9.59 Å². The van der Waals surface area contributed by atoms with Gasteiger partial charge in [0.05, 0.1) is 48.0 Å². The molecule has 0 spiro atoms. The van der Waals surface area contributed by atoms with E-state index in [9.17, 15) is 9.59 Å². The number of anilines is 2. The first-order chi connectivity index (χ1) is 17.5. The lowest BCUT2D eigenvalue weighted by Crippen LogP contribution is -2.15. The number of benzene rings is 3. The van der Waals surface area contributed by atoms with E-state index in [0.717, 1.165) is 29.7 Å². The molecular formula is C28H28N4O4. The number of nitrogens with one attached hydrogen (secondary N) is 2. The van der Waals surface area contributed by atoms with Crippen LogP contribution in [0.15, 0.2) is 60.7 Å². The van der Waals surface area contributed by atoms with E-state index in [2.05, 4.69) is 22.5 Å². The highest BCUT2D eigenvalue weighted by molar-refractivity contribution is 6.08. The zero-order valence-corrected chi connectivity index (χ0v) is 20.7. The van der Waals surface area contributed by atoms with Crippen molar-refractivity contribution in [1.29, 1.82) is 0 Å². The van der Waals surface area contributed by atoms with Crippen LogP contribution in [0, 0.1) is 0 Å². The van der Waals surface area contributed by atoms with E-state index in [1.165, 1.54) is 14.2 Å². The van der Waals surface area contributed by atoms with E-state index in [0.29, 0.717) is 39.5 Å². The smallest absolute Gasteiger partial charge is 0.255 e. The Labute approximate surface area is 209 Å². The molecule has 0 saturated heterocycles. The third-order valence-corrected chi connectivity index (χ3v) is 5.81. The minimum atomic E-state index is -0.335. The summed E-state index contributed by atoms with van der Waals surface area (Å²) in [5, 5.41) is 5.71. The number of ether oxygens (including phenoxy) is 2. The Morgan fingerprint density at radius 2 is 1.22 bits per heavy atom. The molecule has 3 aromatic carbocycles. The molecule has 2 amide bonds. The fraction of sp³-hybridized carbons (Fsp3) is 0.214. The van der Waals surface area contributed by atoms with Crippen LogP contribution in [0.4, 0.5) is 11.4 Å². The van der Waals surface area contributed by atoms with Gasteiger partial charge in [0, 0.05) is 23.3 Å². The van der Waals surface area contributed by atoms with E-state index in [4.69, 9.17) is 14.5 Å². The first-order valence-electron chi connectivity index (χ1n) is 11.7. The topological polar surface area (TPSA) is 102 Å². The van der Waals surface area contributed by atoms with Crippen molar-refractivity contribution in [2.24, 2.45) is 0 Å². The molecule has 1 heterocycles. The molecule has 0 saturated carbocycles. The summed E-state index contributed by atoms with van der Waals surface area (Å²) in [6.07, 6.45) is 1.57. The van der Waals surface area contributed by atoms with Crippen molar-refractivity contribution in [3.63, 3.8) is 0 Å². The van der Waals surface area contributed by atoms with Crippen molar-refractivity contribution in [3.05, 3.63) is 83.2 Å². The highest BCUT2D eigenvalue weighted by Crippen LogP contribution is 2.37. The number of methoxy groups -OCH3 is 2. The SMILES string of the molecule is CCc1nc2ccc(C(=O)Nc3cc(OC)c(NC(=O)c4ccccc4)cc3OC)cc2nc1CC. The lowest BCUT2D eigenvalue weighted by Gasteiger charge is -2.16. The number of aromatic nitrogens is 2. The molecule has 0 radical (unpaired) electrons. The Kier molecular flexibility index (Phi) is 7.44. The average molecular weight is 485 g/mol. The fourth-order valence-electron chi connectivity index (χ4n) is 3.91. The average Bonchev–Trinajstić information content (AvgIpc) is 2.92. The molecule has 0 aliphatic heterocycles. The summed E-state index contributed by atoms with van der Waals surface area (Å²) in [5.74, 6) is 0.119. The van der Waals surface area contributed by atoms with Gasteiger partial charge in [-0.25, -0.2) is 9.97 Å². The molecule has 184 valence electrons. The molecule has 1 aromatic heterocycles. The highest BCUT2D eigenvalue weighted by Gasteiger charge is 2.17. The van der Waals surface area contributed by atoms with Gasteiger partial charge in [0.15, 0.2) is 0 Å². The molecule has 8 heteroatoms. The summed E-state index contributed by atoms with van der Waals surface area (Å²) in [6, 6.07) is 17.3. The number of fused-ring (bicyclic) bond motifs is 1. The van der Waals surface area contributed by atoms with Gasteiger partial charge in [0.2, 0.25) is 0 Å². The Balaban J connectivity index is 1.61. The van der Waals surface area contributed by atoms with Gasteiger partial charge in [-0.1, -0.05) is 32.0 Å². The van der Waals surface area contributed by atoms with E-state index in [1.54, 1.807) is 54.6 Å². The maximum Gasteiger partial charge on any atom is 0.255 e. The summed E-state index contributed by atoms with van der Waals surface area (Å²) < 4.78 is 11.0. The number of aryl methyl sites for hydroxylation is 2. The number of hydrogen-bond acceptors (Lipinski definition) is 6. The lowest BCUT2D eigenvalue weighted by atomic mass is 10.1. The maximum absolute atomic E-state index is 13.1. The zero-order valence-electron chi connectivity index (χ0n) is 20.7. The monoisotopic (exact) mass is 484 g/mol. The van der Waals surface area contributed by atoms with Crippen LogP contribution in [-0.4, -0.2) is 36.0 Å². The summed E-state index contributed by atoms with van der Waals surface area (Å²) >= 11 is 0. The molecule has 0 fully saturated rings. The van der Waals surface area contributed by atoms with Crippen molar-refractivity contribution in [2.75, 3.05) is 24.9 Å². The van der Waals surface area contributed by atoms with Gasteiger partial charge in [0.25, 0.3) is 11.8 Å². The molecule has 0 bridgehead atoms. The minimum Gasteiger partial charge on any atom is -0.494 e. The number of carbonyl (C=O) groups is 2. The van der Waals surface area contributed by atoms with Crippen LogP contribution in [0.5, 0.6) is 11.5 Å². The second kappa shape index (κ2) is 10.9. The summed E-state index contributed by atoms with van der Waals surface area (Å²) in [7, 11) is 2.98. The van der Waals surface area contributed by atoms with Crippen molar-refractivity contribution in [2.45, 2.75) is 26.7 Å². The summed E-state index contributed by atoms with van der Waals surface area (Å²) in [5.41, 5.74) is 5.08. The Morgan fingerprint density at radius 3 is 1.75 bits per heavy atom. The fourth-order valence-corrected chi connectivity index (χ4v) is 3.91. The van der Waals surface area contributed by atoms with Crippen LogP contribution >= 0.6 is 0 Å². The normalized spacial score (nSPS) is 10.7. The zero-order chi connectivity index (χ0) is 25.7. The maximum atomic E-state index is 13.1. The standard InChI is InChI=1S/C28H28N4O4/c1-5-19-20(6-2)30-22-14-18(12-13-21(22)29-19)28(34)32-24-16-25(35-3)23(15-26(24)36-4)31-27(33)17-10-8-7-9-11-17/h7-16H,5-6H2,1-4H3,(H,31,33)(H,32,34). The number of hydrogen-bond donors (Lipinski definition) is 2. The van der Waals surface area contributed by atoms with Gasteiger partial charge in [-0.05, 0) is 43.2 Å². The van der Waals surface area contributed by atoms with E-state index in [-0.39, 0.29) is 11.8 Å². The van der Waals surface area contributed by atoms with Gasteiger partial charge in [0.1, 0.15) is 11.5 Å². The number of carbonyl (C=O) groups excluding carboxylic acids is 2. The molecule has 4 aromatic rings. The second-order valence-electron chi connectivity index (χ2n) is 8.05. The highest BCUT2D eigenvalue weighted by atomic mass is 16.5. The van der Waals surface area contributed by atoms with Crippen LogP contribution in [0.1, 0.15) is 46.0 Å². The molecule has 0 unspecified atom stereocenters. The van der Waals surface area contributed by atoms with Crippen molar-refractivity contribution < 1.29 is 19.1 Å². The number of nitrogens with zero attached hydrogens (tertiary/aromatic N) is 2. The van der Waals surface area contributed by atoms with E-state index < -0.39 is 0 Å². The van der Waals surface area contributed by atoms with Crippen molar-refractivity contribution in [3.8, 4) is 11.5 Å². The summed E-state index contributed by atoms with van der Waals surface area (Å²) in [6.45, 7) is 4.09. The lowest BCUT2D eigenvalue weighted by molar-refractivity contribution is 0.101. The first kappa shape index (κ1) is 24.7.